The summed E-state index contributed by atoms with van der Waals surface area (Å²) < 4.78 is 2.17. The number of rotatable bonds is 2. The van der Waals surface area contributed by atoms with Crippen LogP contribution in [0.1, 0.15) is 5.56 Å². The third-order valence-corrected chi connectivity index (χ3v) is 6.11. The van der Waals surface area contributed by atoms with Crippen molar-refractivity contribution in [2.45, 2.75) is 18.7 Å². The third-order valence-electron chi connectivity index (χ3n) is 3.28. The van der Waals surface area contributed by atoms with Crippen molar-refractivity contribution in [1.29, 1.82) is 0 Å². The van der Waals surface area contributed by atoms with Gasteiger partial charge in [0.2, 0.25) is 5.95 Å². The van der Waals surface area contributed by atoms with Crippen molar-refractivity contribution in [2.75, 3.05) is 23.0 Å². The number of nitrogen functional groups attached to an aromatic ring is 1. The van der Waals surface area contributed by atoms with Crippen LogP contribution in [0.15, 0.2) is 18.2 Å². The van der Waals surface area contributed by atoms with E-state index in [4.69, 9.17) is 5.73 Å². The molecule has 1 aromatic carbocycles. The molecule has 0 bridgehead atoms. The lowest BCUT2D eigenvalue weighted by molar-refractivity contribution is 0.724. The van der Waals surface area contributed by atoms with Gasteiger partial charge in [0.25, 0.3) is 0 Å². The molecule has 0 spiro atoms. The van der Waals surface area contributed by atoms with Crippen molar-refractivity contribution < 1.29 is 0 Å². The summed E-state index contributed by atoms with van der Waals surface area (Å²) in [5.41, 5.74) is 9.49. The molecule has 18 heavy (non-hydrogen) atoms. The van der Waals surface area contributed by atoms with Gasteiger partial charge in [0.05, 0.1) is 11.0 Å². The molecule has 1 aliphatic heterocycles. The zero-order valence-corrected chi connectivity index (χ0v) is 12.1. The van der Waals surface area contributed by atoms with Gasteiger partial charge in [0.1, 0.15) is 0 Å². The molecule has 2 heterocycles. The van der Waals surface area contributed by atoms with Crippen LogP contribution in [0.5, 0.6) is 0 Å². The highest BCUT2D eigenvalue weighted by Crippen LogP contribution is 2.28. The minimum atomic E-state index is 0.649. The van der Waals surface area contributed by atoms with E-state index in [1.165, 1.54) is 28.3 Å². The molecule has 0 saturated carbocycles. The monoisotopic (exact) mass is 279 g/mol. The van der Waals surface area contributed by atoms with E-state index in [0.29, 0.717) is 11.2 Å². The summed E-state index contributed by atoms with van der Waals surface area (Å²) in [7, 11) is 0. The van der Waals surface area contributed by atoms with E-state index in [9.17, 15) is 0 Å². The van der Waals surface area contributed by atoms with E-state index in [-0.39, 0.29) is 0 Å². The SMILES string of the molecule is Cc1cccc2c1nc(N)n2CC1CSCCS1. The van der Waals surface area contributed by atoms with Gasteiger partial charge in [-0.1, -0.05) is 12.1 Å². The largest absolute Gasteiger partial charge is 0.369 e. The molecule has 0 amide bonds. The maximum Gasteiger partial charge on any atom is 0.201 e. The topological polar surface area (TPSA) is 43.8 Å². The zero-order valence-electron chi connectivity index (χ0n) is 10.4. The average Bonchev–Trinajstić information content (AvgIpc) is 2.70. The van der Waals surface area contributed by atoms with Crippen LogP contribution >= 0.6 is 23.5 Å². The Labute approximate surface area is 116 Å². The molecule has 3 nitrogen and oxygen atoms in total. The number of nitrogens with zero attached hydrogens (tertiary/aromatic N) is 2. The summed E-state index contributed by atoms with van der Waals surface area (Å²) in [4.78, 5) is 4.50. The van der Waals surface area contributed by atoms with Gasteiger partial charge in [-0.2, -0.15) is 23.5 Å². The normalized spacial score (nSPS) is 20.4. The predicted octanol–water partition coefficient (Wildman–Crippen LogP) is 2.78. The Hall–Kier alpha value is -0.810. The van der Waals surface area contributed by atoms with E-state index in [0.717, 1.165) is 12.1 Å². The molecule has 3 rings (SSSR count). The Balaban J connectivity index is 1.95. The minimum absolute atomic E-state index is 0.649. The fourth-order valence-corrected chi connectivity index (χ4v) is 5.00. The van der Waals surface area contributed by atoms with Crippen molar-refractivity contribution in [3.63, 3.8) is 0 Å². The molecule has 1 aliphatic rings. The quantitative estimate of drug-likeness (QED) is 0.918. The number of imidazole rings is 1. The summed E-state index contributed by atoms with van der Waals surface area (Å²) in [6, 6.07) is 6.29. The Morgan fingerprint density at radius 3 is 3.11 bits per heavy atom. The van der Waals surface area contributed by atoms with Crippen molar-refractivity contribution in [1.82, 2.24) is 9.55 Å². The molecule has 2 N–H and O–H groups in total. The molecule has 1 aromatic heterocycles. The molecule has 96 valence electrons. The predicted molar refractivity (Wildman–Crippen MR) is 82.5 cm³/mol. The van der Waals surface area contributed by atoms with Crippen LogP contribution in [0.25, 0.3) is 11.0 Å². The van der Waals surface area contributed by atoms with Crippen molar-refractivity contribution in [3.8, 4) is 0 Å². The second kappa shape index (κ2) is 5.05. The smallest absolute Gasteiger partial charge is 0.201 e. The van der Waals surface area contributed by atoms with Crippen molar-refractivity contribution in [3.05, 3.63) is 23.8 Å². The first-order valence-corrected chi connectivity index (χ1v) is 8.37. The second-order valence-electron chi connectivity index (χ2n) is 4.59. The molecule has 1 atom stereocenters. The lowest BCUT2D eigenvalue weighted by Crippen LogP contribution is -2.21. The molecule has 0 radical (unpaired) electrons. The molecular weight excluding hydrogens is 262 g/mol. The Morgan fingerprint density at radius 1 is 1.44 bits per heavy atom. The molecule has 0 aliphatic carbocycles. The Bertz CT molecular complexity index is 559. The third kappa shape index (κ3) is 2.21. The maximum atomic E-state index is 6.08. The molecule has 2 aromatic rings. The van der Waals surface area contributed by atoms with E-state index < -0.39 is 0 Å². The number of anilines is 1. The Kier molecular flexibility index (Phi) is 3.43. The summed E-state index contributed by atoms with van der Waals surface area (Å²) in [6.07, 6.45) is 0. The minimum Gasteiger partial charge on any atom is -0.369 e. The molecule has 1 unspecified atom stereocenters. The number of nitrogens with two attached hydrogens (primary N) is 1. The molecule has 5 heteroatoms. The van der Waals surface area contributed by atoms with Crippen LogP contribution in [0, 0.1) is 6.92 Å². The first-order chi connectivity index (χ1) is 8.75. The van der Waals surface area contributed by atoms with Crippen LogP contribution in [0.2, 0.25) is 0 Å². The van der Waals surface area contributed by atoms with Gasteiger partial charge in [0, 0.05) is 29.1 Å². The lowest BCUT2D eigenvalue weighted by atomic mass is 10.2. The summed E-state index contributed by atoms with van der Waals surface area (Å²) in [5.74, 6) is 4.40. The Morgan fingerprint density at radius 2 is 2.33 bits per heavy atom. The summed E-state index contributed by atoms with van der Waals surface area (Å²) in [6.45, 7) is 3.06. The van der Waals surface area contributed by atoms with Gasteiger partial charge in [0.15, 0.2) is 0 Å². The van der Waals surface area contributed by atoms with Gasteiger partial charge >= 0.3 is 0 Å². The van der Waals surface area contributed by atoms with E-state index >= 15 is 0 Å². The van der Waals surface area contributed by atoms with Gasteiger partial charge in [-0.25, -0.2) is 4.98 Å². The molecular formula is C13H17N3S2. The standard InChI is InChI=1S/C13H17N3S2/c1-9-3-2-4-11-12(9)15-13(14)16(11)7-10-8-17-5-6-18-10/h2-4,10H,5-8H2,1H3,(H2,14,15). The molecule has 1 fully saturated rings. The number of aromatic nitrogens is 2. The van der Waals surface area contributed by atoms with E-state index in [1.54, 1.807) is 0 Å². The number of aryl methyl sites for hydroxylation is 1. The number of hydrogen-bond acceptors (Lipinski definition) is 4. The number of benzene rings is 1. The highest BCUT2D eigenvalue weighted by atomic mass is 32.2. The lowest BCUT2D eigenvalue weighted by Gasteiger charge is -2.22. The number of fused-ring (bicyclic) bond motifs is 1. The number of thioether (sulfide) groups is 2. The fraction of sp³-hybridized carbons (Fsp3) is 0.462. The average molecular weight is 279 g/mol. The maximum absolute atomic E-state index is 6.08. The van der Waals surface area contributed by atoms with Crippen molar-refractivity contribution >= 4 is 40.5 Å². The van der Waals surface area contributed by atoms with Crippen LogP contribution < -0.4 is 5.73 Å². The van der Waals surface area contributed by atoms with Crippen LogP contribution in [0.4, 0.5) is 5.95 Å². The van der Waals surface area contributed by atoms with Gasteiger partial charge in [-0.05, 0) is 18.6 Å². The van der Waals surface area contributed by atoms with Gasteiger partial charge < -0.3 is 10.3 Å². The van der Waals surface area contributed by atoms with E-state index in [1.807, 2.05) is 11.8 Å². The molecule has 1 saturated heterocycles. The second-order valence-corrected chi connectivity index (χ2v) is 7.15. The highest BCUT2D eigenvalue weighted by Gasteiger charge is 2.18. The van der Waals surface area contributed by atoms with Crippen LogP contribution in [-0.4, -0.2) is 32.1 Å². The van der Waals surface area contributed by atoms with Crippen molar-refractivity contribution in [2.24, 2.45) is 0 Å². The highest BCUT2D eigenvalue weighted by molar-refractivity contribution is 8.06. The summed E-state index contributed by atoms with van der Waals surface area (Å²) in [5, 5.41) is 0.656. The van der Waals surface area contributed by atoms with Gasteiger partial charge in [-0.3, -0.25) is 0 Å². The van der Waals surface area contributed by atoms with Gasteiger partial charge in [-0.15, -0.1) is 0 Å². The fourth-order valence-electron chi connectivity index (χ4n) is 2.34. The first kappa shape index (κ1) is 12.2. The first-order valence-electron chi connectivity index (χ1n) is 6.16. The van der Waals surface area contributed by atoms with Crippen LogP contribution in [0.3, 0.4) is 0 Å². The zero-order chi connectivity index (χ0) is 12.5. The van der Waals surface area contributed by atoms with Crippen LogP contribution in [-0.2, 0) is 6.54 Å². The summed E-state index contributed by atoms with van der Waals surface area (Å²) >= 11 is 4.10. The van der Waals surface area contributed by atoms with E-state index in [2.05, 4.69) is 46.4 Å². The number of hydrogen-bond donors (Lipinski definition) is 1. The number of para-hydroxylation sites is 1.